The van der Waals surface area contributed by atoms with Gasteiger partial charge >= 0.3 is 0 Å². The molecule has 4 heteroatoms. The van der Waals surface area contributed by atoms with E-state index < -0.39 is 5.91 Å². The largest absolute Gasteiger partial charge is 0.364 e. The number of hydrogen-bond donors (Lipinski definition) is 2. The number of aromatic nitrogens is 1. The Labute approximate surface area is 69.8 Å². The molecule has 1 aromatic heterocycles. The number of amides is 1. The van der Waals surface area contributed by atoms with Gasteiger partial charge in [-0.25, -0.2) is 0 Å². The van der Waals surface area contributed by atoms with E-state index >= 15 is 0 Å². The molecule has 4 nitrogen and oxygen atoms in total. The number of rotatable bonds is 1. The van der Waals surface area contributed by atoms with Gasteiger partial charge in [0.2, 0.25) is 0 Å². The Bertz CT molecular complexity index is 335. The summed E-state index contributed by atoms with van der Waals surface area (Å²) in [5.41, 5.74) is 7.63. The van der Waals surface area contributed by atoms with Crippen molar-refractivity contribution < 1.29 is 4.79 Å². The van der Waals surface area contributed by atoms with Gasteiger partial charge < -0.3 is 11.1 Å². The summed E-state index contributed by atoms with van der Waals surface area (Å²) in [5, 5.41) is 3.14. The number of nitrogens with zero attached hydrogens (tertiary/aromatic N) is 1. The lowest BCUT2D eigenvalue weighted by atomic mass is 10.1. The van der Waals surface area contributed by atoms with Gasteiger partial charge in [0.05, 0.1) is 0 Å². The second-order valence-electron chi connectivity index (χ2n) is 2.77. The van der Waals surface area contributed by atoms with Gasteiger partial charge in [-0.15, -0.1) is 0 Å². The number of carbonyl (C=O) groups is 1. The van der Waals surface area contributed by atoms with Gasteiger partial charge in [0.15, 0.2) is 0 Å². The van der Waals surface area contributed by atoms with Crippen molar-refractivity contribution in [1.29, 1.82) is 0 Å². The van der Waals surface area contributed by atoms with Gasteiger partial charge in [-0.2, -0.15) is 0 Å². The number of fused-ring (bicyclic) bond motifs is 1. The van der Waals surface area contributed by atoms with Crippen molar-refractivity contribution in [1.82, 2.24) is 10.3 Å². The fraction of sp³-hybridized carbons (Fsp3) is 0.250. The Morgan fingerprint density at radius 1 is 1.58 bits per heavy atom. The van der Waals surface area contributed by atoms with Crippen LogP contribution in [0.3, 0.4) is 0 Å². The average Bonchev–Trinajstić information content (AvgIpc) is 2.49. The highest BCUT2D eigenvalue weighted by molar-refractivity contribution is 5.92. The maximum absolute atomic E-state index is 10.9. The molecule has 1 aliphatic heterocycles. The van der Waals surface area contributed by atoms with Gasteiger partial charge in [-0.05, 0) is 11.6 Å². The first-order valence-corrected chi connectivity index (χ1v) is 3.76. The number of carbonyl (C=O) groups excluding carboxylic acids is 1. The molecule has 0 radical (unpaired) electrons. The quantitative estimate of drug-likeness (QED) is 0.601. The molecule has 0 fully saturated rings. The third-order valence-corrected chi connectivity index (χ3v) is 2.00. The molecule has 3 N–H and O–H groups in total. The molecular formula is C8H9N3O. The van der Waals surface area contributed by atoms with Crippen molar-refractivity contribution in [3.8, 4) is 0 Å². The van der Waals surface area contributed by atoms with Gasteiger partial charge in [-0.1, -0.05) is 0 Å². The van der Waals surface area contributed by atoms with Crippen molar-refractivity contribution >= 4 is 5.91 Å². The Morgan fingerprint density at radius 2 is 2.42 bits per heavy atom. The van der Waals surface area contributed by atoms with Crippen LogP contribution in [0.25, 0.3) is 0 Å². The molecule has 1 aromatic rings. The number of primary amides is 1. The minimum Gasteiger partial charge on any atom is -0.364 e. The monoisotopic (exact) mass is 163 g/mol. The van der Waals surface area contributed by atoms with Crippen molar-refractivity contribution in [3.05, 3.63) is 29.1 Å². The van der Waals surface area contributed by atoms with Gasteiger partial charge in [0, 0.05) is 24.8 Å². The van der Waals surface area contributed by atoms with E-state index in [0.717, 1.165) is 17.7 Å². The number of nitrogens with two attached hydrogens (primary N) is 1. The third kappa shape index (κ3) is 0.967. The lowest BCUT2D eigenvalue weighted by Gasteiger charge is -2.00. The zero-order valence-corrected chi connectivity index (χ0v) is 6.50. The highest BCUT2D eigenvalue weighted by Gasteiger charge is 2.17. The Balaban J connectivity index is 2.56. The van der Waals surface area contributed by atoms with E-state index in [2.05, 4.69) is 10.3 Å². The molecule has 1 amide bonds. The Hall–Kier alpha value is -1.42. The lowest BCUT2D eigenvalue weighted by Crippen LogP contribution is -2.16. The summed E-state index contributed by atoms with van der Waals surface area (Å²) in [6.45, 7) is 1.50. The minimum absolute atomic E-state index is 0.400. The summed E-state index contributed by atoms with van der Waals surface area (Å²) in [4.78, 5) is 14.8. The lowest BCUT2D eigenvalue weighted by molar-refractivity contribution is 0.0994. The summed E-state index contributed by atoms with van der Waals surface area (Å²) in [6, 6.07) is 1.90. The predicted molar refractivity (Wildman–Crippen MR) is 43.3 cm³/mol. The number of nitrogens with one attached hydrogen (secondary N) is 1. The van der Waals surface area contributed by atoms with Crippen LogP contribution in [0.2, 0.25) is 0 Å². The van der Waals surface area contributed by atoms with E-state index in [4.69, 9.17) is 5.73 Å². The van der Waals surface area contributed by atoms with E-state index in [1.165, 1.54) is 0 Å². The summed E-state index contributed by atoms with van der Waals surface area (Å²) < 4.78 is 0. The smallest absolute Gasteiger partial charge is 0.267 e. The number of pyridine rings is 1. The van der Waals surface area contributed by atoms with Crippen LogP contribution in [0.1, 0.15) is 21.6 Å². The fourth-order valence-corrected chi connectivity index (χ4v) is 1.43. The molecule has 2 rings (SSSR count). The molecule has 0 saturated heterocycles. The summed E-state index contributed by atoms with van der Waals surface area (Å²) in [5.74, 6) is -0.449. The SMILES string of the molecule is NC(=O)c1nccc2c1CNC2. The van der Waals surface area contributed by atoms with E-state index in [9.17, 15) is 4.79 Å². The first-order chi connectivity index (χ1) is 5.79. The second-order valence-corrected chi connectivity index (χ2v) is 2.77. The maximum atomic E-state index is 10.9. The van der Waals surface area contributed by atoms with Crippen LogP contribution in [0, 0.1) is 0 Å². The van der Waals surface area contributed by atoms with Crippen LogP contribution >= 0.6 is 0 Å². The molecule has 2 heterocycles. The van der Waals surface area contributed by atoms with Crippen LogP contribution in [0.15, 0.2) is 12.3 Å². The zero-order chi connectivity index (χ0) is 8.55. The third-order valence-electron chi connectivity index (χ3n) is 2.00. The second kappa shape index (κ2) is 2.57. The summed E-state index contributed by atoms with van der Waals surface area (Å²) >= 11 is 0. The van der Waals surface area contributed by atoms with E-state index in [0.29, 0.717) is 12.2 Å². The van der Waals surface area contributed by atoms with Crippen molar-refractivity contribution in [2.75, 3.05) is 0 Å². The predicted octanol–water partition coefficient (Wildman–Crippen LogP) is -0.216. The summed E-state index contributed by atoms with van der Waals surface area (Å²) in [6.07, 6.45) is 1.62. The molecule has 0 aliphatic carbocycles. The van der Waals surface area contributed by atoms with E-state index in [1.807, 2.05) is 6.07 Å². The van der Waals surface area contributed by atoms with Crippen molar-refractivity contribution in [2.45, 2.75) is 13.1 Å². The van der Waals surface area contributed by atoms with E-state index in [1.54, 1.807) is 6.20 Å². The maximum Gasteiger partial charge on any atom is 0.267 e. The zero-order valence-electron chi connectivity index (χ0n) is 6.50. The first-order valence-electron chi connectivity index (χ1n) is 3.76. The molecule has 1 aliphatic rings. The molecule has 0 spiro atoms. The highest BCUT2D eigenvalue weighted by atomic mass is 16.1. The molecule has 0 saturated carbocycles. The van der Waals surface area contributed by atoms with Crippen molar-refractivity contribution in [2.24, 2.45) is 5.73 Å². The highest BCUT2D eigenvalue weighted by Crippen LogP contribution is 2.16. The van der Waals surface area contributed by atoms with Crippen molar-refractivity contribution in [3.63, 3.8) is 0 Å². The van der Waals surface area contributed by atoms with Gasteiger partial charge in [0.25, 0.3) is 5.91 Å². The standard InChI is InChI=1S/C8H9N3O/c9-8(12)7-6-4-10-3-5(6)1-2-11-7/h1-2,10H,3-4H2,(H2,9,12). The molecule has 0 bridgehead atoms. The van der Waals surface area contributed by atoms with Gasteiger partial charge in [-0.3, -0.25) is 9.78 Å². The Kier molecular flexibility index (Phi) is 1.55. The fourth-order valence-electron chi connectivity index (χ4n) is 1.43. The summed E-state index contributed by atoms with van der Waals surface area (Å²) in [7, 11) is 0. The molecule has 0 unspecified atom stereocenters. The van der Waals surface area contributed by atoms with Crippen LogP contribution in [-0.2, 0) is 13.1 Å². The van der Waals surface area contributed by atoms with Crippen LogP contribution in [0.4, 0.5) is 0 Å². The molecule has 0 atom stereocenters. The molecular weight excluding hydrogens is 154 g/mol. The van der Waals surface area contributed by atoms with Crippen LogP contribution in [0.5, 0.6) is 0 Å². The van der Waals surface area contributed by atoms with Gasteiger partial charge in [0.1, 0.15) is 5.69 Å². The topological polar surface area (TPSA) is 68.0 Å². The van der Waals surface area contributed by atoms with Crippen LogP contribution in [-0.4, -0.2) is 10.9 Å². The average molecular weight is 163 g/mol. The molecule has 62 valence electrons. The van der Waals surface area contributed by atoms with Crippen LogP contribution < -0.4 is 11.1 Å². The normalized spacial score (nSPS) is 14.3. The minimum atomic E-state index is -0.449. The number of hydrogen-bond acceptors (Lipinski definition) is 3. The first kappa shape index (κ1) is 7.24. The molecule has 0 aromatic carbocycles. The van der Waals surface area contributed by atoms with E-state index in [-0.39, 0.29) is 0 Å². The molecule has 12 heavy (non-hydrogen) atoms. The Morgan fingerprint density at radius 3 is 3.17 bits per heavy atom.